The molecule has 2 aromatic heterocycles. The topological polar surface area (TPSA) is 63.8 Å². The lowest BCUT2D eigenvalue weighted by Crippen LogP contribution is -2.28. The summed E-state index contributed by atoms with van der Waals surface area (Å²) in [6, 6.07) is 8.03. The Bertz CT molecular complexity index is 527. The molecule has 0 aromatic carbocycles. The summed E-state index contributed by atoms with van der Waals surface area (Å²) in [6.45, 7) is 2.17. The number of anilines is 1. The third kappa shape index (κ3) is 2.74. The van der Waals surface area contributed by atoms with Crippen LogP contribution in [0.5, 0.6) is 0 Å². The average molecular weight is 254 g/mol. The number of nitrogens with one attached hydrogen (secondary N) is 1. The third-order valence-corrected chi connectivity index (χ3v) is 3.62. The van der Waals surface area contributed by atoms with Crippen molar-refractivity contribution in [2.45, 2.75) is 18.8 Å². The highest BCUT2D eigenvalue weighted by Crippen LogP contribution is 2.24. The van der Waals surface area contributed by atoms with Crippen molar-refractivity contribution >= 4 is 5.82 Å². The van der Waals surface area contributed by atoms with Gasteiger partial charge in [0, 0.05) is 41.7 Å². The zero-order valence-electron chi connectivity index (χ0n) is 10.8. The van der Waals surface area contributed by atoms with Gasteiger partial charge in [-0.1, -0.05) is 6.07 Å². The molecule has 0 spiro atoms. The van der Waals surface area contributed by atoms with Crippen molar-refractivity contribution in [1.82, 2.24) is 15.3 Å². The molecule has 0 amide bonds. The Labute approximate surface area is 113 Å². The van der Waals surface area contributed by atoms with Gasteiger partial charge in [0.15, 0.2) is 0 Å². The van der Waals surface area contributed by atoms with E-state index in [1.54, 1.807) is 6.20 Å². The van der Waals surface area contributed by atoms with Crippen LogP contribution < -0.4 is 11.1 Å². The highest BCUT2D eigenvalue weighted by atomic mass is 14.9. The predicted octanol–water partition coefficient (Wildman–Crippen LogP) is 2.19. The largest absolute Gasteiger partial charge is 0.384 e. The number of nitrogen functional groups attached to an aromatic ring is 1. The Balaban J connectivity index is 1.80. The smallest absolute Gasteiger partial charge is 0.123 e. The lowest BCUT2D eigenvalue weighted by molar-refractivity contribution is 0.455. The van der Waals surface area contributed by atoms with Crippen LogP contribution in [0, 0.1) is 0 Å². The summed E-state index contributed by atoms with van der Waals surface area (Å²) >= 11 is 0. The van der Waals surface area contributed by atoms with Gasteiger partial charge in [-0.15, -0.1) is 0 Å². The Morgan fingerprint density at radius 1 is 1.05 bits per heavy atom. The first-order chi connectivity index (χ1) is 9.33. The zero-order chi connectivity index (χ0) is 13.1. The molecule has 2 aromatic rings. The quantitative estimate of drug-likeness (QED) is 0.862. The molecule has 0 saturated carbocycles. The van der Waals surface area contributed by atoms with Crippen LogP contribution in [-0.2, 0) is 0 Å². The van der Waals surface area contributed by atoms with E-state index >= 15 is 0 Å². The summed E-state index contributed by atoms with van der Waals surface area (Å²) in [5.74, 6) is 1.09. The predicted molar refractivity (Wildman–Crippen MR) is 76.7 cm³/mol. The number of rotatable bonds is 2. The SMILES string of the molecule is Nc1ccc(-c2ccc(C3CCCNC3)nc2)cn1. The fourth-order valence-corrected chi connectivity index (χ4v) is 2.50. The van der Waals surface area contributed by atoms with Crippen LogP contribution in [-0.4, -0.2) is 23.1 Å². The molecule has 3 N–H and O–H groups in total. The van der Waals surface area contributed by atoms with Crippen LogP contribution in [0.15, 0.2) is 36.7 Å². The minimum Gasteiger partial charge on any atom is -0.384 e. The maximum atomic E-state index is 5.59. The summed E-state index contributed by atoms with van der Waals surface area (Å²) in [4.78, 5) is 8.71. The van der Waals surface area contributed by atoms with Crippen LogP contribution in [0.4, 0.5) is 5.82 Å². The first kappa shape index (κ1) is 12.1. The van der Waals surface area contributed by atoms with Gasteiger partial charge in [0.2, 0.25) is 0 Å². The van der Waals surface area contributed by atoms with Gasteiger partial charge in [-0.25, -0.2) is 4.98 Å². The lowest BCUT2D eigenvalue weighted by atomic mass is 9.95. The van der Waals surface area contributed by atoms with E-state index < -0.39 is 0 Å². The van der Waals surface area contributed by atoms with E-state index in [0.29, 0.717) is 11.7 Å². The second-order valence-electron chi connectivity index (χ2n) is 4.99. The van der Waals surface area contributed by atoms with Gasteiger partial charge in [0.05, 0.1) is 0 Å². The van der Waals surface area contributed by atoms with Gasteiger partial charge in [-0.2, -0.15) is 0 Å². The molecule has 0 radical (unpaired) electrons. The zero-order valence-corrected chi connectivity index (χ0v) is 10.8. The minimum atomic E-state index is 0.543. The number of pyridine rings is 2. The van der Waals surface area contributed by atoms with Crippen LogP contribution >= 0.6 is 0 Å². The summed E-state index contributed by atoms with van der Waals surface area (Å²) in [6.07, 6.45) is 6.17. The number of hydrogen-bond donors (Lipinski definition) is 2. The molecule has 1 atom stereocenters. The van der Waals surface area contributed by atoms with E-state index in [-0.39, 0.29) is 0 Å². The Kier molecular flexibility index (Phi) is 3.42. The average Bonchev–Trinajstić information content (AvgIpc) is 2.49. The fraction of sp³-hybridized carbons (Fsp3) is 0.333. The molecule has 98 valence electrons. The van der Waals surface area contributed by atoms with Gasteiger partial charge < -0.3 is 11.1 Å². The molecule has 3 heterocycles. The highest BCUT2D eigenvalue weighted by molar-refractivity contribution is 5.62. The normalized spacial score (nSPS) is 19.3. The Morgan fingerprint density at radius 2 is 1.84 bits per heavy atom. The minimum absolute atomic E-state index is 0.543. The molecule has 4 heteroatoms. The van der Waals surface area contributed by atoms with Crippen molar-refractivity contribution in [1.29, 1.82) is 0 Å². The van der Waals surface area contributed by atoms with Crippen molar-refractivity contribution in [2.24, 2.45) is 0 Å². The summed E-state index contributed by atoms with van der Waals surface area (Å²) in [5, 5.41) is 3.42. The van der Waals surface area contributed by atoms with Crippen LogP contribution in [0.1, 0.15) is 24.5 Å². The number of hydrogen-bond acceptors (Lipinski definition) is 4. The summed E-state index contributed by atoms with van der Waals surface area (Å²) < 4.78 is 0. The second kappa shape index (κ2) is 5.36. The fourth-order valence-electron chi connectivity index (χ4n) is 2.50. The lowest BCUT2D eigenvalue weighted by Gasteiger charge is -2.22. The Hall–Kier alpha value is -1.94. The number of nitrogens with zero attached hydrogens (tertiary/aromatic N) is 2. The second-order valence-corrected chi connectivity index (χ2v) is 4.99. The van der Waals surface area contributed by atoms with E-state index in [0.717, 1.165) is 24.2 Å². The molecule has 4 nitrogen and oxygen atoms in total. The van der Waals surface area contributed by atoms with Crippen molar-refractivity contribution in [3.8, 4) is 11.1 Å². The van der Waals surface area contributed by atoms with Gasteiger partial charge in [-0.3, -0.25) is 4.98 Å². The van der Waals surface area contributed by atoms with E-state index in [4.69, 9.17) is 5.73 Å². The van der Waals surface area contributed by atoms with Crippen LogP contribution in [0.3, 0.4) is 0 Å². The summed E-state index contributed by atoms with van der Waals surface area (Å²) in [7, 11) is 0. The molecule has 1 unspecified atom stereocenters. The standard InChI is InChI=1S/C15H18N4/c16-15-6-4-12(10-19-15)11-3-5-14(18-9-11)13-2-1-7-17-8-13/h3-6,9-10,13,17H,1-2,7-8H2,(H2,16,19). The maximum Gasteiger partial charge on any atom is 0.123 e. The van der Waals surface area contributed by atoms with Gasteiger partial charge >= 0.3 is 0 Å². The summed E-state index contributed by atoms with van der Waals surface area (Å²) in [5.41, 5.74) is 8.91. The molecule has 0 aliphatic carbocycles. The molecule has 3 rings (SSSR count). The number of aromatic nitrogens is 2. The first-order valence-corrected chi connectivity index (χ1v) is 6.71. The van der Waals surface area contributed by atoms with Crippen molar-refractivity contribution in [2.75, 3.05) is 18.8 Å². The number of piperidine rings is 1. The molecule has 1 aliphatic rings. The van der Waals surface area contributed by atoms with E-state index in [1.807, 2.05) is 18.3 Å². The third-order valence-electron chi connectivity index (χ3n) is 3.62. The van der Waals surface area contributed by atoms with E-state index in [9.17, 15) is 0 Å². The van der Waals surface area contributed by atoms with Gasteiger partial charge in [0.25, 0.3) is 0 Å². The van der Waals surface area contributed by atoms with Crippen molar-refractivity contribution < 1.29 is 0 Å². The molecular formula is C15H18N4. The Morgan fingerprint density at radius 3 is 2.42 bits per heavy atom. The molecular weight excluding hydrogens is 236 g/mol. The first-order valence-electron chi connectivity index (χ1n) is 6.71. The van der Waals surface area contributed by atoms with Crippen LogP contribution in [0.2, 0.25) is 0 Å². The maximum absolute atomic E-state index is 5.59. The van der Waals surface area contributed by atoms with Crippen LogP contribution in [0.25, 0.3) is 11.1 Å². The van der Waals surface area contributed by atoms with E-state index in [2.05, 4.69) is 27.4 Å². The van der Waals surface area contributed by atoms with Gasteiger partial charge in [-0.05, 0) is 37.6 Å². The van der Waals surface area contributed by atoms with E-state index in [1.165, 1.54) is 18.5 Å². The van der Waals surface area contributed by atoms with Crippen molar-refractivity contribution in [3.63, 3.8) is 0 Å². The molecule has 1 saturated heterocycles. The molecule has 19 heavy (non-hydrogen) atoms. The molecule has 0 bridgehead atoms. The number of nitrogens with two attached hydrogens (primary N) is 1. The van der Waals surface area contributed by atoms with Gasteiger partial charge in [0.1, 0.15) is 5.82 Å². The monoisotopic (exact) mass is 254 g/mol. The molecule has 1 fully saturated rings. The molecule has 1 aliphatic heterocycles. The highest BCUT2D eigenvalue weighted by Gasteiger charge is 2.16. The van der Waals surface area contributed by atoms with Crippen molar-refractivity contribution in [3.05, 3.63) is 42.4 Å².